The first-order chi connectivity index (χ1) is 27.3. The van der Waals surface area contributed by atoms with E-state index >= 15 is 0 Å². The molecule has 0 N–H and O–H groups in total. The largest absolute Gasteiger partial charge is 0.294 e. The van der Waals surface area contributed by atoms with Crippen molar-refractivity contribution in [1.29, 1.82) is 0 Å². The molecule has 0 aliphatic carbocycles. The van der Waals surface area contributed by atoms with Gasteiger partial charge in [0.05, 0.1) is 33.5 Å². The zero-order valence-electron chi connectivity index (χ0n) is 29.2. The summed E-state index contributed by atoms with van der Waals surface area (Å²) in [4.78, 5) is 18.9. The van der Waals surface area contributed by atoms with Crippen LogP contribution in [-0.4, -0.2) is 39.3 Å². The van der Waals surface area contributed by atoms with Gasteiger partial charge in [0.2, 0.25) is 0 Å². The SMILES string of the molecule is c1cncc(-c2cccc(-n3c4ccccc4c4ccc(-c5nnc(-c6cccc7c8ccccc8n(-c8cccc(-c9cccnc9)n8)c67)s5)cc43)n2)c1. The second-order valence-electron chi connectivity index (χ2n) is 13.3. The molecule has 0 aliphatic heterocycles. The lowest BCUT2D eigenvalue weighted by Gasteiger charge is -2.11. The van der Waals surface area contributed by atoms with Crippen molar-refractivity contribution in [3.8, 4) is 55.3 Å². The van der Waals surface area contributed by atoms with Gasteiger partial charge >= 0.3 is 0 Å². The van der Waals surface area contributed by atoms with Crippen LogP contribution in [0.2, 0.25) is 0 Å². The van der Waals surface area contributed by atoms with E-state index in [0.29, 0.717) is 0 Å². The van der Waals surface area contributed by atoms with Crippen molar-refractivity contribution in [3.05, 3.63) is 170 Å². The predicted molar refractivity (Wildman–Crippen MR) is 222 cm³/mol. The summed E-state index contributed by atoms with van der Waals surface area (Å²) < 4.78 is 4.49. The van der Waals surface area contributed by atoms with E-state index < -0.39 is 0 Å². The molecule has 258 valence electrons. The maximum atomic E-state index is 5.16. The Kier molecular flexibility index (Phi) is 7.17. The first kappa shape index (κ1) is 31.2. The molecular weight excluding hydrogens is 697 g/mol. The number of hydrogen-bond donors (Lipinski definition) is 0. The lowest BCUT2D eigenvalue weighted by Crippen LogP contribution is -1.99. The Balaban J connectivity index is 1.06. The fraction of sp³-hybridized carbons (Fsp3) is 0. The molecule has 0 bridgehead atoms. The summed E-state index contributed by atoms with van der Waals surface area (Å²) in [5, 5.41) is 15.9. The smallest absolute Gasteiger partial charge is 0.150 e. The van der Waals surface area contributed by atoms with Crippen LogP contribution >= 0.6 is 11.3 Å². The second-order valence-corrected chi connectivity index (χ2v) is 14.3. The highest BCUT2D eigenvalue weighted by Crippen LogP contribution is 2.41. The van der Waals surface area contributed by atoms with E-state index in [0.717, 1.165) is 98.9 Å². The first-order valence-corrected chi connectivity index (χ1v) is 18.8. The normalized spacial score (nSPS) is 11.6. The third kappa shape index (κ3) is 5.13. The van der Waals surface area contributed by atoms with Crippen LogP contribution in [0.1, 0.15) is 0 Å². The number of hydrogen-bond acceptors (Lipinski definition) is 7. The quantitative estimate of drug-likeness (QED) is 0.170. The van der Waals surface area contributed by atoms with Crippen molar-refractivity contribution in [1.82, 2.24) is 39.3 Å². The fourth-order valence-electron chi connectivity index (χ4n) is 7.67. The average molecular weight is 725 g/mol. The van der Waals surface area contributed by atoms with Crippen molar-refractivity contribution in [2.24, 2.45) is 0 Å². The van der Waals surface area contributed by atoms with Crippen molar-refractivity contribution in [2.75, 3.05) is 0 Å². The summed E-state index contributed by atoms with van der Waals surface area (Å²) >= 11 is 1.59. The number of rotatable bonds is 6. The molecule has 0 unspecified atom stereocenters. The third-order valence-electron chi connectivity index (χ3n) is 10.1. The van der Waals surface area contributed by atoms with E-state index in [9.17, 15) is 0 Å². The molecule has 55 heavy (non-hydrogen) atoms. The van der Waals surface area contributed by atoms with Gasteiger partial charge < -0.3 is 0 Å². The maximum absolute atomic E-state index is 5.16. The summed E-state index contributed by atoms with van der Waals surface area (Å²) in [6, 6.07) is 50.1. The molecule has 0 amide bonds. The summed E-state index contributed by atoms with van der Waals surface area (Å²) in [6.07, 6.45) is 7.25. The molecule has 7 heterocycles. The van der Waals surface area contributed by atoms with Crippen LogP contribution in [0.25, 0.3) is 98.9 Å². The monoisotopic (exact) mass is 724 g/mol. The van der Waals surface area contributed by atoms with Gasteiger partial charge in [-0.25, -0.2) is 9.97 Å². The van der Waals surface area contributed by atoms with Crippen molar-refractivity contribution in [2.45, 2.75) is 0 Å². The Morgan fingerprint density at radius 1 is 0.418 bits per heavy atom. The van der Waals surface area contributed by atoms with Crippen molar-refractivity contribution >= 4 is 54.9 Å². The van der Waals surface area contributed by atoms with E-state index in [-0.39, 0.29) is 0 Å². The van der Waals surface area contributed by atoms with Gasteiger partial charge in [0, 0.05) is 68.6 Å². The Labute approximate surface area is 318 Å². The molecule has 8 nitrogen and oxygen atoms in total. The molecule has 7 aromatic heterocycles. The zero-order valence-corrected chi connectivity index (χ0v) is 30.0. The van der Waals surface area contributed by atoms with Crippen LogP contribution in [0.5, 0.6) is 0 Å². The molecule has 11 rings (SSSR count). The van der Waals surface area contributed by atoms with Crippen LogP contribution in [0.15, 0.2) is 170 Å². The maximum Gasteiger partial charge on any atom is 0.150 e. The second kappa shape index (κ2) is 12.6. The van der Waals surface area contributed by atoms with Gasteiger partial charge in [-0.3, -0.25) is 19.1 Å². The molecule has 4 aromatic carbocycles. The van der Waals surface area contributed by atoms with Gasteiger partial charge in [0.25, 0.3) is 0 Å². The van der Waals surface area contributed by atoms with E-state index in [4.69, 9.17) is 20.2 Å². The summed E-state index contributed by atoms with van der Waals surface area (Å²) in [5.41, 5.74) is 9.90. The Bertz CT molecular complexity index is 3220. The molecular formula is C46H28N8S. The molecule has 0 fully saturated rings. The number of para-hydroxylation sites is 3. The minimum absolute atomic E-state index is 0.823. The topological polar surface area (TPSA) is 87.2 Å². The van der Waals surface area contributed by atoms with Crippen LogP contribution in [0.4, 0.5) is 0 Å². The average Bonchev–Trinajstić information content (AvgIpc) is 3.98. The van der Waals surface area contributed by atoms with Crippen LogP contribution in [-0.2, 0) is 0 Å². The van der Waals surface area contributed by atoms with Gasteiger partial charge in [0.15, 0.2) is 0 Å². The minimum Gasteiger partial charge on any atom is -0.294 e. The van der Waals surface area contributed by atoms with Gasteiger partial charge in [-0.1, -0.05) is 84.1 Å². The number of benzene rings is 4. The number of nitrogens with zero attached hydrogens (tertiary/aromatic N) is 8. The molecule has 11 aromatic rings. The van der Waals surface area contributed by atoms with Gasteiger partial charge in [0.1, 0.15) is 21.7 Å². The van der Waals surface area contributed by atoms with E-state index in [1.54, 1.807) is 23.7 Å². The van der Waals surface area contributed by atoms with Crippen molar-refractivity contribution in [3.63, 3.8) is 0 Å². The molecule has 0 saturated carbocycles. The summed E-state index contributed by atoms with van der Waals surface area (Å²) in [6.45, 7) is 0. The number of pyridine rings is 4. The Morgan fingerprint density at radius 2 is 1.00 bits per heavy atom. The fourth-order valence-corrected chi connectivity index (χ4v) is 8.54. The van der Waals surface area contributed by atoms with Crippen LogP contribution in [0, 0.1) is 0 Å². The molecule has 0 atom stereocenters. The standard InChI is InChI=1S/C46H28N8S/c1-3-18-39-32(12-1)34-23-22-29(26-41(34)53(39)42-20-6-16-37(49-42)30-10-8-24-47-27-30)45-51-52-46(55-45)36-15-5-14-35-33-13-2-4-19-40(33)54(44(35)36)43-21-7-17-38(50-43)31-11-9-25-48-28-31/h1-28H. The molecule has 0 aliphatic rings. The van der Waals surface area contributed by atoms with Gasteiger partial charge in [-0.05, 0) is 72.8 Å². The molecule has 9 heteroatoms. The zero-order chi connectivity index (χ0) is 36.3. The lowest BCUT2D eigenvalue weighted by atomic mass is 10.1. The Morgan fingerprint density at radius 3 is 1.69 bits per heavy atom. The highest BCUT2D eigenvalue weighted by Gasteiger charge is 2.21. The highest BCUT2D eigenvalue weighted by molar-refractivity contribution is 7.18. The number of fused-ring (bicyclic) bond motifs is 6. The van der Waals surface area contributed by atoms with E-state index in [2.05, 4.69) is 128 Å². The third-order valence-corrected chi connectivity index (χ3v) is 11.1. The molecule has 0 spiro atoms. The first-order valence-electron chi connectivity index (χ1n) is 17.9. The van der Waals surface area contributed by atoms with E-state index in [1.807, 2.05) is 48.8 Å². The van der Waals surface area contributed by atoms with Crippen LogP contribution in [0.3, 0.4) is 0 Å². The lowest BCUT2D eigenvalue weighted by molar-refractivity contribution is 1.07. The molecule has 0 saturated heterocycles. The van der Waals surface area contributed by atoms with Crippen molar-refractivity contribution < 1.29 is 0 Å². The van der Waals surface area contributed by atoms with Gasteiger partial charge in [-0.15, -0.1) is 10.2 Å². The summed E-state index contributed by atoms with van der Waals surface area (Å²) in [7, 11) is 0. The summed E-state index contributed by atoms with van der Waals surface area (Å²) in [5.74, 6) is 1.66. The molecule has 0 radical (unpaired) electrons. The van der Waals surface area contributed by atoms with Gasteiger partial charge in [-0.2, -0.15) is 0 Å². The Hall–Kier alpha value is -7.36. The van der Waals surface area contributed by atoms with E-state index in [1.165, 1.54) is 0 Å². The predicted octanol–water partition coefficient (Wildman–Crippen LogP) is 11.0. The minimum atomic E-state index is 0.823. The highest BCUT2D eigenvalue weighted by atomic mass is 32.1. The van der Waals surface area contributed by atoms with Crippen LogP contribution < -0.4 is 0 Å². The number of aromatic nitrogens is 8.